The zero-order chi connectivity index (χ0) is 47.4. The molecule has 6 aromatic carbocycles. The number of nitrogens with zero attached hydrogens (tertiary/aromatic N) is 4. The number of nitrogen functional groups attached to an aromatic ring is 1. The van der Waals surface area contributed by atoms with Crippen LogP contribution in [0.3, 0.4) is 0 Å². The number of imidazole rings is 2. The molecule has 2 aromatic heterocycles. The van der Waals surface area contributed by atoms with E-state index in [4.69, 9.17) is 21.6 Å². The topological polar surface area (TPSA) is 142 Å². The van der Waals surface area contributed by atoms with Gasteiger partial charge in [0, 0.05) is 18.4 Å². The van der Waals surface area contributed by atoms with Crippen LogP contribution in [0.4, 0.5) is 10.7 Å². The molecule has 0 aliphatic carbocycles. The van der Waals surface area contributed by atoms with Crippen molar-refractivity contribution in [2.45, 2.75) is 90.9 Å². The van der Waals surface area contributed by atoms with E-state index in [-0.39, 0.29) is 12.1 Å². The molecule has 2 unspecified atom stereocenters. The molecule has 0 bridgehead atoms. The largest absolute Gasteiger partial charge is 0.444 e. The number of rotatable bonds is 12. The lowest BCUT2D eigenvalue weighted by atomic mass is 10.0. The Morgan fingerprint density at radius 2 is 1.11 bits per heavy atom. The summed E-state index contributed by atoms with van der Waals surface area (Å²) >= 11 is 3.38. The fraction of sp³-hybridized carbons (Fsp3) is 0.291. The minimum Gasteiger partial charge on any atom is -0.444 e. The number of benzene rings is 6. The van der Waals surface area contributed by atoms with Crippen molar-refractivity contribution in [3.63, 3.8) is 0 Å². The maximum absolute atomic E-state index is 12.2. The summed E-state index contributed by atoms with van der Waals surface area (Å²) in [6.45, 7) is 15.4. The summed E-state index contributed by atoms with van der Waals surface area (Å²) in [6, 6.07) is 50.0. The zero-order valence-electron chi connectivity index (χ0n) is 39.4. The Kier molecular flexibility index (Phi) is 16.8. The van der Waals surface area contributed by atoms with Crippen LogP contribution < -0.4 is 22.4 Å². The highest BCUT2D eigenvalue weighted by molar-refractivity contribution is 9.08. The van der Waals surface area contributed by atoms with Gasteiger partial charge in [-0.15, -0.1) is 0 Å². The number of carbonyl (C=O) groups excluding carboxylic acids is 1. The Bertz CT molecular complexity index is 2850. The van der Waals surface area contributed by atoms with Crippen LogP contribution in [0.25, 0.3) is 22.1 Å². The van der Waals surface area contributed by atoms with Crippen molar-refractivity contribution in [1.82, 2.24) is 24.0 Å². The molecule has 344 valence electrons. The number of nitrogens with one attached hydrogen (secondary N) is 2. The van der Waals surface area contributed by atoms with Gasteiger partial charge in [0.1, 0.15) is 5.60 Å². The van der Waals surface area contributed by atoms with E-state index >= 15 is 0 Å². The molecule has 11 heteroatoms. The normalized spacial score (nSPS) is 12.1. The maximum Gasteiger partial charge on any atom is 0.407 e. The van der Waals surface area contributed by atoms with Crippen molar-refractivity contribution in [3.05, 3.63) is 196 Å². The molecule has 2 heterocycles. The van der Waals surface area contributed by atoms with Gasteiger partial charge in [-0.25, -0.2) is 9.78 Å². The number of aromatic nitrogens is 4. The maximum atomic E-state index is 12.2. The number of anilines is 1. The number of carbonyl (C=O) groups is 1. The third-order valence-corrected chi connectivity index (χ3v) is 12.0. The standard InChI is InChI=1S/C25H28N4.C22H28N4O2.C8H9Br/c1-18-7-11-20(12-8-18)15-22(16-26)29-24-6-4-3-5-23(24)28(25(29)27)17-21-13-9-19(2)10-14-21;1-15-9-11-16(12-10-15)13-17(14-24-21(27)28-22(2,3)4)26-19-8-6-5-7-18(19)25-20(26)23;1-7-2-4-8(6-9)5-3-7/h3-14,22,27H,15-17,26H2,1-2H3;5-12,17H,13-14H2,1-4H3,(H2,23,25)(H,24,27);2-5H,6H2,1H3. The summed E-state index contributed by atoms with van der Waals surface area (Å²) in [5.74, 6) is 0.435. The summed E-state index contributed by atoms with van der Waals surface area (Å²) in [7, 11) is 0. The predicted molar refractivity (Wildman–Crippen MR) is 275 cm³/mol. The number of alkyl carbamates (subject to hydrolysis) is 1. The number of fused-ring (bicyclic) bond motifs is 2. The van der Waals surface area contributed by atoms with Crippen molar-refractivity contribution in [2.75, 3.05) is 18.8 Å². The molecule has 8 rings (SSSR count). The Morgan fingerprint density at radius 3 is 1.61 bits per heavy atom. The molecular formula is C55H65BrN8O2. The first-order valence-corrected chi connectivity index (χ1v) is 23.7. The zero-order valence-corrected chi connectivity index (χ0v) is 41.0. The number of amides is 1. The van der Waals surface area contributed by atoms with Crippen LogP contribution in [0.15, 0.2) is 146 Å². The van der Waals surface area contributed by atoms with Crippen molar-refractivity contribution < 1.29 is 9.53 Å². The van der Waals surface area contributed by atoms with Gasteiger partial charge in [0.15, 0.2) is 0 Å². The Balaban J connectivity index is 0.000000184. The molecule has 0 radical (unpaired) electrons. The van der Waals surface area contributed by atoms with E-state index in [0.29, 0.717) is 37.6 Å². The second-order valence-electron chi connectivity index (χ2n) is 18.0. The second kappa shape index (κ2) is 22.7. The number of hydrogen-bond donors (Lipinski definition) is 4. The first kappa shape index (κ1) is 49.0. The Labute approximate surface area is 398 Å². The molecule has 0 aliphatic rings. The Morgan fingerprint density at radius 1 is 0.652 bits per heavy atom. The molecule has 6 N–H and O–H groups in total. The van der Waals surface area contributed by atoms with Crippen LogP contribution >= 0.6 is 15.9 Å². The molecule has 8 aromatic rings. The summed E-state index contributed by atoms with van der Waals surface area (Å²) in [5, 5.41) is 12.8. The van der Waals surface area contributed by atoms with Gasteiger partial charge in [0.25, 0.3) is 0 Å². The lowest BCUT2D eigenvalue weighted by Crippen LogP contribution is -2.36. The number of nitrogens with two attached hydrogens (primary N) is 2. The molecule has 0 saturated carbocycles. The summed E-state index contributed by atoms with van der Waals surface area (Å²) < 4.78 is 11.6. The van der Waals surface area contributed by atoms with Gasteiger partial charge in [-0.05, 0) is 108 Å². The number of aryl methyl sites for hydroxylation is 4. The summed E-state index contributed by atoms with van der Waals surface area (Å²) in [4.78, 5) is 16.7. The molecule has 1 amide bonds. The van der Waals surface area contributed by atoms with E-state index in [9.17, 15) is 4.79 Å². The van der Waals surface area contributed by atoms with E-state index in [0.717, 1.165) is 33.8 Å². The lowest BCUT2D eigenvalue weighted by Gasteiger charge is -2.24. The van der Waals surface area contributed by atoms with E-state index < -0.39 is 11.7 Å². The van der Waals surface area contributed by atoms with Crippen LogP contribution in [0, 0.1) is 33.1 Å². The van der Waals surface area contributed by atoms with Crippen molar-refractivity contribution >= 4 is 50.0 Å². The molecule has 2 atom stereocenters. The van der Waals surface area contributed by atoms with Crippen LogP contribution in [0.2, 0.25) is 0 Å². The van der Waals surface area contributed by atoms with E-state index in [1.54, 1.807) is 0 Å². The highest BCUT2D eigenvalue weighted by Crippen LogP contribution is 2.26. The van der Waals surface area contributed by atoms with Crippen molar-refractivity contribution in [3.8, 4) is 0 Å². The average Bonchev–Trinajstić information content (AvgIpc) is 3.78. The van der Waals surface area contributed by atoms with Crippen molar-refractivity contribution in [2.24, 2.45) is 5.73 Å². The van der Waals surface area contributed by atoms with Gasteiger partial charge in [-0.2, -0.15) is 0 Å². The van der Waals surface area contributed by atoms with Gasteiger partial charge in [0.2, 0.25) is 11.6 Å². The minimum absolute atomic E-state index is 0.0365. The number of hydrogen-bond acceptors (Lipinski definition) is 6. The second-order valence-corrected chi connectivity index (χ2v) is 18.6. The first-order valence-electron chi connectivity index (χ1n) is 22.5. The molecule has 10 nitrogen and oxygen atoms in total. The van der Waals surface area contributed by atoms with E-state index in [2.05, 4.69) is 172 Å². The summed E-state index contributed by atoms with van der Waals surface area (Å²) in [6.07, 6.45) is 1.08. The smallest absolute Gasteiger partial charge is 0.407 e. The van der Waals surface area contributed by atoms with Gasteiger partial charge >= 0.3 is 6.09 Å². The summed E-state index contributed by atoms with van der Waals surface area (Å²) in [5.41, 5.74) is 26.3. The van der Waals surface area contributed by atoms with Gasteiger partial charge < -0.3 is 35.2 Å². The van der Waals surface area contributed by atoms with Gasteiger partial charge in [-0.3, -0.25) is 5.41 Å². The average molecular weight is 950 g/mol. The molecule has 0 fully saturated rings. The van der Waals surface area contributed by atoms with Gasteiger partial charge in [-0.1, -0.05) is 160 Å². The van der Waals surface area contributed by atoms with Crippen LogP contribution in [-0.2, 0) is 29.5 Å². The van der Waals surface area contributed by atoms with Crippen LogP contribution in [0.5, 0.6) is 0 Å². The predicted octanol–water partition coefficient (Wildman–Crippen LogP) is 11.5. The van der Waals surface area contributed by atoms with Crippen LogP contribution in [-0.4, -0.2) is 43.5 Å². The Hall–Kier alpha value is -6.43. The first-order chi connectivity index (χ1) is 31.6. The SMILES string of the molecule is Cc1ccc(CBr)cc1.Cc1ccc(CC(CN)n2c(=N)n(Cc3ccc(C)cc3)c3ccccc32)cc1.Cc1ccc(CC(CNC(=O)OC(C)(C)C)n2c(N)nc3ccccc32)cc1. The number of para-hydroxylation sites is 4. The molecule has 66 heavy (non-hydrogen) atoms. The molecular weight excluding hydrogens is 885 g/mol. The van der Waals surface area contributed by atoms with E-state index in [1.807, 2.05) is 61.7 Å². The number of alkyl halides is 1. The minimum atomic E-state index is -0.544. The van der Waals surface area contributed by atoms with E-state index in [1.165, 1.54) is 44.5 Å². The van der Waals surface area contributed by atoms with Crippen LogP contribution in [0.1, 0.15) is 77.4 Å². The number of halogens is 1. The highest BCUT2D eigenvalue weighted by Gasteiger charge is 2.22. The highest BCUT2D eigenvalue weighted by atomic mass is 79.9. The molecule has 0 aliphatic heterocycles. The fourth-order valence-corrected chi connectivity index (χ4v) is 8.20. The molecule has 0 spiro atoms. The van der Waals surface area contributed by atoms with Gasteiger partial charge in [0.05, 0.1) is 40.7 Å². The molecule has 0 saturated heterocycles. The fourth-order valence-electron chi connectivity index (χ4n) is 7.83. The quantitative estimate of drug-likeness (QED) is 0.0903. The third-order valence-electron chi connectivity index (χ3n) is 11.3. The lowest BCUT2D eigenvalue weighted by molar-refractivity contribution is 0.0520. The van der Waals surface area contributed by atoms with Crippen molar-refractivity contribution in [1.29, 1.82) is 5.41 Å². The monoisotopic (exact) mass is 948 g/mol. The number of ether oxygens (including phenoxy) is 1. The third kappa shape index (κ3) is 13.3.